The van der Waals surface area contributed by atoms with Gasteiger partial charge in [0.05, 0.1) is 0 Å². The summed E-state index contributed by atoms with van der Waals surface area (Å²) < 4.78 is 8.54. The van der Waals surface area contributed by atoms with E-state index in [4.69, 9.17) is 34.3 Å². The van der Waals surface area contributed by atoms with Crippen molar-refractivity contribution in [2.45, 2.75) is 0 Å². The summed E-state index contributed by atoms with van der Waals surface area (Å²) in [7, 11) is 0. The van der Waals surface area contributed by atoms with E-state index >= 15 is 0 Å². The number of hydrogen-bond acceptors (Lipinski definition) is 8. The molecule has 0 aliphatic rings. The first-order valence-corrected chi connectivity index (χ1v) is 19.1. The SMILES string of the molecule is c1ccc(-c2nc(-c3ccccc3)nc(-c3ccc4sc5cccc(-c6nc(-c7ccccc7)nc(-c7cccc8oc9ccccc9c78)n6)c5c4c3)n2)cc1. The number of furan rings is 1. The van der Waals surface area contributed by atoms with Crippen LogP contribution in [0.25, 0.3) is 110 Å². The second-order valence-electron chi connectivity index (χ2n) is 13.5. The van der Waals surface area contributed by atoms with Crippen molar-refractivity contribution in [3.8, 4) is 68.3 Å². The molecule has 0 aliphatic carbocycles. The van der Waals surface area contributed by atoms with Gasteiger partial charge in [0.25, 0.3) is 0 Å². The largest absolute Gasteiger partial charge is 0.456 e. The smallest absolute Gasteiger partial charge is 0.164 e. The van der Waals surface area contributed by atoms with Crippen LogP contribution in [0.1, 0.15) is 0 Å². The highest BCUT2D eigenvalue weighted by Gasteiger charge is 2.21. The van der Waals surface area contributed by atoms with E-state index in [1.54, 1.807) is 11.3 Å². The zero-order valence-corrected chi connectivity index (χ0v) is 30.5. The van der Waals surface area contributed by atoms with Crippen molar-refractivity contribution < 1.29 is 4.42 Å². The number of fused-ring (bicyclic) bond motifs is 6. The van der Waals surface area contributed by atoms with Crippen LogP contribution in [-0.2, 0) is 0 Å². The van der Waals surface area contributed by atoms with E-state index in [0.29, 0.717) is 34.9 Å². The monoisotopic (exact) mass is 736 g/mol. The molecule has 8 heteroatoms. The zero-order chi connectivity index (χ0) is 37.0. The van der Waals surface area contributed by atoms with Crippen molar-refractivity contribution >= 4 is 53.4 Å². The van der Waals surface area contributed by atoms with Gasteiger partial charge in [0.1, 0.15) is 11.2 Å². The molecule has 56 heavy (non-hydrogen) atoms. The molecule has 0 radical (unpaired) electrons. The highest BCUT2D eigenvalue weighted by molar-refractivity contribution is 7.26. The quantitative estimate of drug-likeness (QED) is 0.168. The summed E-state index contributed by atoms with van der Waals surface area (Å²) in [4.78, 5) is 30.5. The van der Waals surface area contributed by atoms with Gasteiger partial charge in [0.15, 0.2) is 34.9 Å². The van der Waals surface area contributed by atoms with Crippen LogP contribution in [0.4, 0.5) is 0 Å². The first-order chi connectivity index (χ1) is 27.7. The lowest BCUT2D eigenvalue weighted by Gasteiger charge is -2.11. The van der Waals surface area contributed by atoms with E-state index in [9.17, 15) is 0 Å². The number of aromatic nitrogens is 6. The number of hydrogen-bond donors (Lipinski definition) is 0. The van der Waals surface area contributed by atoms with Crippen LogP contribution in [-0.4, -0.2) is 29.9 Å². The molecular weight excluding hydrogens is 709 g/mol. The Morgan fingerprint density at radius 1 is 0.321 bits per heavy atom. The van der Waals surface area contributed by atoms with Crippen LogP contribution in [0.5, 0.6) is 0 Å². The molecule has 0 unspecified atom stereocenters. The van der Waals surface area contributed by atoms with Crippen LogP contribution in [0.3, 0.4) is 0 Å². The summed E-state index contributed by atoms with van der Waals surface area (Å²) in [6, 6.07) is 57.1. The molecule has 262 valence electrons. The molecule has 0 fully saturated rings. The first kappa shape index (κ1) is 32.0. The summed E-state index contributed by atoms with van der Waals surface area (Å²) >= 11 is 1.74. The summed E-state index contributed by atoms with van der Waals surface area (Å²) in [6.45, 7) is 0. The van der Waals surface area contributed by atoms with Crippen molar-refractivity contribution in [2.24, 2.45) is 0 Å². The van der Waals surface area contributed by atoms with Crippen LogP contribution in [0, 0.1) is 0 Å². The molecule has 0 amide bonds. The third-order valence-electron chi connectivity index (χ3n) is 10.0. The molecule has 0 aliphatic heterocycles. The van der Waals surface area contributed by atoms with Crippen LogP contribution in [0.2, 0.25) is 0 Å². The molecule has 0 spiro atoms. The van der Waals surface area contributed by atoms with Gasteiger partial charge in [-0.25, -0.2) is 29.9 Å². The fraction of sp³-hybridized carbons (Fsp3) is 0. The van der Waals surface area contributed by atoms with Crippen LogP contribution in [0.15, 0.2) is 174 Å². The summed E-state index contributed by atoms with van der Waals surface area (Å²) in [5.74, 6) is 3.61. The van der Waals surface area contributed by atoms with Gasteiger partial charge in [0, 0.05) is 64.3 Å². The molecule has 4 heterocycles. The minimum absolute atomic E-state index is 0.579. The highest BCUT2D eigenvalue weighted by Crippen LogP contribution is 2.42. The van der Waals surface area contributed by atoms with E-state index in [-0.39, 0.29) is 0 Å². The van der Waals surface area contributed by atoms with E-state index in [1.807, 2.05) is 121 Å². The summed E-state index contributed by atoms with van der Waals surface area (Å²) in [6.07, 6.45) is 0. The summed E-state index contributed by atoms with van der Waals surface area (Å²) in [5, 5.41) is 4.14. The van der Waals surface area contributed by atoms with Gasteiger partial charge < -0.3 is 4.42 Å². The Morgan fingerprint density at radius 2 is 0.804 bits per heavy atom. The van der Waals surface area contributed by atoms with Crippen molar-refractivity contribution in [1.29, 1.82) is 0 Å². The summed E-state index contributed by atoms with van der Waals surface area (Å²) in [5.41, 5.74) is 7.07. The molecule has 11 rings (SSSR count). The Labute approximate surface area is 324 Å². The van der Waals surface area contributed by atoms with E-state index in [0.717, 1.165) is 75.5 Å². The Balaban J connectivity index is 1.13. The van der Waals surface area contributed by atoms with Crippen molar-refractivity contribution in [1.82, 2.24) is 29.9 Å². The van der Waals surface area contributed by atoms with E-state index in [2.05, 4.69) is 48.5 Å². The third kappa shape index (κ3) is 5.51. The normalized spacial score (nSPS) is 11.6. The van der Waals surface area contributed by atoms with E-state index < -0.39 is 0 Å². The second-order valence-corrected chi connectivity index (χ2v) is 14.6. The van der Waals surface area contributed by atoms with Gasteiger partial charge >= 0.3 is 0 Å². The molecule has 7 aromatic carbocycles. The molecule has 0 atom stereocenters. The van der Waals surface area contributed by atoms with Gasteiger partial charge in [-0.05, 0) is 36.4 Å². The fourth-order valence-electron chi connectivity index (χ4n) is 7.38. The highest BCUT2D eigenvalue weighted by atomic mass is 32.1. The van der Waals surface area contributed by atoms with Gasteiger partial charge in [-0.3, -0.25) is 0 Å². The van der Waals surface area contributed by atoms with Crippen LogP contribution >= 0.6 is 11.3 Å². The minimum Gasteiger partial charge on any atom is -0.456 e. The fourth-order valence-corrected chi connectivity index (χ4v) is 8.50. The average molecular weight is 737 g/mol. The molecular formula is C48H28N6OS. The maximum Gasteiger partial charge on any atom is 0.164 e. The predicted octanol–water partition coefficient (Wildman–Crippen LogP) is 12.3. The lowest BCUT2D eigenvalue weighted by molar-refractivity contribution is 0.669. The number of nitrogens with zero attached hydrogens (tertiary/aromatic N) is 6. The number of benzene rings is 7. The molecule has 7 nitrogen and oxygen atoms in total. The molecule has 4 aromatic heterocycles. The molecule has 0 saturated carbocycles. The number of para-hydroxylation sites is 1. The van der Waals surface area contributed by atoms with Gasteiger partial charge in [-0.2, -0.15) is 0 Å². The van der Waals surface area contributed by atoms with Crippen molar-refractivity contribution in [3.05, 3.63) is 170 Å². The zero-order valence-electron chi connectivity index (χ0n) is 29.7. The molecule has 0 bridgehead atoms. The first-order valence-electron chi connectivity index (χ1n) is 18.3. The lowest BCUT2D eigenvalue weighted by Crippen LogP contribution is -2.01. The maximum absolute atomic E-state index is 6.27. The number of rotatable bonds is 6. The lowest BCUT2D eigenvalue weighted by atomic mass is 10.0. The Kier molecular flexibility index (Phi) is 7.53. The van der Waals surface area contributed by atoms with E-state index in [1.165, 1.54) is 0 Å². The van der Waals surface area contributed by atoms with Crippen LogP contribution < -0.4 is 0 Å². The standard InChI is InChI=1S/C48H28N6OS/c1-4-14-29(15-5-1)43-49-44(30-16-6-2-7-17-30)51-46(50-43)32-26-27-39-36(28-32)42-35(22-13-25-40(42)56-39)48-53-45(31-18-8-3-9-19-31)52-47(54-48)34-21-12-24-38-41(34)33-20-10-11-23-37(33)55-38/h1-28H. The Hall–Kier alpha value is -7.42. The average Bonchev–Trinajstić information content (AvgIpc) is 3.85. The predicted molar refractivity (Wildman–Crippen MR) is 226 cm³/mol. The molecule has 0 saturated heterocycles. The van der Waals surface area contributed by atoms with Gasteiger partial charge in [-0.1, -0.05) is 133 Å². The maximum atomic E-state index is 6.27. The second kappa shape index (κ2) is 13.2. The molecule has 11 aromatic rings. The Morgan fingerprint density at radius 3 is 1.43 bits per heavy atom. The topological polar surface area (TPSA) is 90.5 Å². The van der Waals surface area contributed by atoms with Gasteiger partial charge in [0.2, 0.25) is 0 Å². The van der Waals surface area contributed by atoms with Gasteiger partial charge in [-0.15, -0.1) is 11.3 Å². The van der Waals surface area contributed by atoms with Crippen molar-refractivity contribution in [2.75, 3.05) is 0 Å². The Bertz CT molecular complexity index is 3200. The van der Waals surface area contributed by atoms with Crippen molar-refractivity contribution in [3.63, 3.8) is 0 Å². The third-order valence-corrected chi connectivity index (χ3v) is 11.1. The number of thiophene rings is 1. The minimum atomic E-state index is 0.579. The molecule has 0 N–H and O–H groups in total.